The van der Waals surface area contributed by atoms with E-state index in [1.165, 1.54) is 21.5 Å². The molecular formula is C18H15N5O3. The Morgan fingerprint density at radius 1 is 1.23 bits per heavy atom. The summed E-state index contributed by atoms with van der Waals surface area (Å²) in [5.74, 6) is -0.166. The smallest absolute Gasteiger partial charge is 0.326 e. The number of aliphatic carboxylic acids is 1. The highest BCUT2D eigenvalue weighted by atomic mass is 16.4. The molecule has 1 N–H and O–H groups in total. The van der Waals surface area contributed by atoms with E-state index in [9.17, 15) is 14.7 Å². The first-order chi connectivity index (χ1) is 12.6. The lowest BCUT2D eigenvalue weighted by molar-refractivity contribution is -0.141. The van der Waals surface area contributed by atoms with Gasteiger partial charge in [0.05, 0.1) is 10.9 Å². The van der Waals surface area contributed by atoms with Crippen LogP contribution in [0.15, 0.2) is 53.6 Å². The van der Waals surface area contributed by atoms with Crippen LogP contribution < -0.4 is 5.56 Å². The number of hydrogen-bond acceptors (Lipinski definition) is 5. The molecule has 0 saturated heterocycles. The molecule has 0 spiro atoms. The van der Waals surface area contributed by atoms with Crippen molar-refractivity contribution in [3.05, 3.63) is 59.1 Å². The van der Waals surface area contributed by atoms with Gasteiger partial charge in [-0.05, 0) is 12.5 Å². The molecule has 8 nitrogen and oxygen atoms in total. The number of carbonyl (C=O) groups is 1. The fraction of sp³-hybridized carbons (Fsp3) is 0.167. The summed E-state index contributed by atoms with van der Waals surface area (Å²) in [5, 5.41) is 14.1. The highest BCUT2D eigenvalue weighted by molar-refractivity contribution is 5.80. The Bertz CT molecular complexity index is 1180. The van der Waals surface area contributed by atoms with Crippen LogP contribution in [0.2, 0.25) is 0 Å². The SMILES string of the molecule is CC[C@@H](C(=O)O)n1ccc2c(cnc3nc(-c4ccccc4)nn32)c1=O. The molecule has 4 rings (SSSR count). The third-order valence-electron chi connectivity index (χ3n) is 4.30. The minimum absolute atomic E-state index is 0.296. The Kier molecular flexibility index (Phi) is 3.72. The summed E-state index contributed by atoms with van der Waals surface area (Å²) in [6.45, 7) is 1.72. The predicted molar refractivity (Wildman–Crippen MR) is 94.9 cm³/mol. The summed E-state index contributed by atoms with van der Waals surface area (Å²) in [6, 6.07) is 10.2. The van der Waals surface area contributed by atoms with Crippen LogP contribution in [0.4, 0.5) is 0 Å². The van der Waals surface area contributed by atoms with Gasteiger partial charge >= 0.3 is 5.97 Å². The van der Waals surface area contributed by atoms with Crippen molar-refractivity contribution >= 4 is 22.6 Å². The molecule has 4 aromatic rings. The first-order valence-corrected chi connectivity index (χ1v) is 8.15. The maximum atomic E-state index is 12.8. The van der Waals surface area contributed by atoms with Crippen LogP contribution in [0, 0.1) is 0 Å². The second-order valence-corrected chi connectivity index (χ2v) is 5.86. The van der Waals surface area contributed by atoms with Gasteiger partial charge < -0.3 is 9.67 Å². The number of carboxylic acids is 1. The van der Waals surface area contributed by atoms with Gasteiger partial charge in [-0.25, -0.2) is 9.78 Å². The average Bonchev–Trinajstić information content (AvgIpc) is 3.09. The maximum Gasteiger partial charge on any atom is 0.326 e. The first-order valence-electron chi connectivity index (χ1n) is 8.15. The lowest BCUT2D eigenvalue weighted by Crippen LogP contribution is -2.29. The van der Waals surface area contributed by atoms with Crippen LogP contribution in [-0.4, -0.2) is 35.2 Å². The van der Waals surface area contributed by atoms with Gasteiger partial charge in [0.2, 0.25) is 0 Å². The molecule has 0 aliphatic carbocycles. The van der Waals surface area contributed by atoms with Crippen molar-refractivity contribution in [1.29, 1.82) is 0 Å². The summed E-state index contributed by atoms with van der Waals surface area (Å²) in [5.41, 5.74) is 0.963. The number of fused-ring (bicyclic) bond motifs is 3. The largest absolute Gasteiger partial charge is 0.480 e. The number of aromatic nitrogens is 5. The fourth-order valence-electron chi connectivity index (χ4n) is 2.98. The lowest BCUT2D eigenvalue weighted by atomic mass is 10.2. The molecule has 3 heterocycles. The van der Waals surface area contributed by atoms with Gasteiger partial charge in [-0.2, -0.15) is 9.50 Å². The Morgan fingerprint density at radius 3 is 2.69 bits per heavy atom. The van der Waals surface area contributed by atoms with Crippen molar-refractivity contribution in [2.75, 3.05) is 0 Å². The van der Waals surface area contributed by atoms with Crippen molar-refractivity contribution in [3.63, 3.8) is 0 Å². The summed E-state index contributed by atoms with van der Waals surface area (Å²) in [4.78, 5) is 32.8. The molecule has 0 fully saturated rings. The highest BCUT2D eigenvalue weighted by Crippen LogP contribution is 2.18. The normalized spacial score (nSPS) is 12.5. The molecule has 0 aliphatic rings. The van der Waals surface area contributed by atoms with E-state index in [0.717, 1.165) is 5.56 Å². The maximum absolute atomic E-state index is 12.8. The topological polar surface area (TPSA) is 102 Å². The van der Waals surface area contributed by atoms with Crippen LogP contribution in [-0.2, 0) is 4.79 Å². The quantitative estimate of drug-likeness (QED) is 0.605. The van der Waals surface area contributed by atoms with Gasteiger partial charge in [0.25, 0.3) is 11.3 Å². The zero-order chi connectivity index (χ0) is 18.3. The molecule has 8 heteroatoms. The second-order valence-electron chi connectivity index (χ2n) is 5.86. The molecule has 0 saturated carbocycles. The van der Waals surface area contributed by atoms with Crippen molar-refractivity contribution in [2.45, 2.75) is 19.4 Å². The molecule has 26 heavy (non-hydrogen) atoms. The summed E-state index contributed by atoms with van der Waals surface area (Å²) >= 11 is 0. The molecule has 0 amide bonds. The van der Waals surface area contributed by atoms with Gasteiger partial charge in [0, 0.05) is 18.0 Å². The number of rotatable bonds is 4. The molecule has 130 valence electrons. The van der Waals surface area contributed by atoms with Gasteiger partial charge in [-0.3, -0.25) is 4.79 Å². The number of carboxylic acid groups (broad SMARTS) is 1. The van der Waals surface area contributed by atoms with Crippen LogP contribution in [0.3, 0.4) is 0 Å². The Balaban J connectivity index is 1.94. The van der Waals surface area contributed by atoms with Gasteiger partial charge in [0.15, 0.2) is 5.82 Å². The van der Waals surface area contributed by atoms with Gasteiger partial charge in [0.1, 0.15) is 6.04 Å². The Labute approximate surface area is 147 Å². The molecule has 3 aromatic heterocycles. The van der Waals surface area contributed by atoms with E-state index >= 15 is 0 Å². The summed E-state index contributed by atoms with van der Waals surface area (Å²) in [6.07, 6.45) is 3.20. The zero-order valence-electron chi connectivity index (χ0n) is 13.9. The standard InChI is InChI=1S/C18H15N5O3/c1-2-13(17(25)26)22-9-8-14-12(16(22)24)10-19-18-20-15(21-23(14)18)11-6-4-3-5-7-11/h3-10,13H,2H2,1H3,(H,25,26)/t13-/m0/s1. The number of benzene rings is 1. The molecule has 0 unspecified atom stereocenters. The van der Waals surface area contributed by atoms with E-state index < -0.39 is 17.6 Å². The monoisotopic (exact) mass is 349 g/mol. The third kappa shape index (κ3) is 2.43. The minimum atomic E-state index is -1.05. The van der Waals surface area contributed by atoms with Crippen LogP contribution in [0.25, 0.3) is 28.1 Å². The van der Waals surface area contributed by atoms with E-state index in [1.54, 1.807) is 13.0 Å². The van der Waals surface area contributed by atoms with Crippen molar-refractivity contribution in [3.8, 4) is 11.4 Å². The zero-order valence-corrected chi connectivity index (χ0v) is 13.9. The highest BCUT2D eigenvalue weighted by Gasteiger charge is 2.20. The molecule has 1 atom stereocenters. The number of hydrogen-bond donors (Lipinski definition) is 1. The first kappa shape index (κ1) is 15.9. The molecule has 0 bridgehead atoms. The molecule has 0 radical (unpaired) electrons. The fourth-order valence-corrected chi connectivity index (χ4v) is 2.98. The van der Waals surface area contributed by atoms with E-state index in [4.69, 9.17) is 0 Å². The summed E-state index contributed by atoms with van der Waals surface area (Å²) in [7, 11) is 0. The van der Waals surface area contributed by atoms with Gasteiger partial charge in [-0.15, -0.1) is 5.10 Å². The second kappa shape index (κ2) is 6.07. The average molecular weight is 349 g/mol. The Morgan fingerprint density at radius 2 is 2.00 bits per heavy atom. The minimum Gasteiger partial charge on any atom is -0.480 e. The van der Waals surface area contributed by atoms with E-state index in [2.05, 4.69) is 15.1 Å². The van der Waals surface area contributed by atoms with Crippen molar-refractivity contribution in [2.24, 2.45) is 0 Å². The molecular weight excluding hydrogens is 334 g/mol. The van der Waals surface area contributed by atoms with Crippen molar-refractivity contribution in [1.82, 2.24) is 24.1 Å². The summed E-state index contributed by atoms with van der Waals surface area (Å²) < 4.78 is 2.72. The number of pyridine rings is 1. The van der Waals surface area contributed by atoms with Crippen LogP contribution in [0.1, 0.15) is 19.4 Å². The number of nitrogens with zero attached hydrogens (tertiary/aromatic N) is 5. The lowest BCUT2D eigenvalue weighted by Gasteiger charge is -2.14. The molecule has 1 aromatic carbocycles. The van der Waals surface area contributed by atoms with Crippen LogP contribution >= 0.6 is 0 Å². The van der Waals surface area contributed by atoms with Crippen LogP contribution in [0.5, 0.6) is 0 Å². The van der Waals surface area contributed by atoms with Gasteiger partial charge in [-0.1, -0.05) is 37.3 Å². The third-order valence-corrected chi connectivity index (χ3v) is 4.30. The van der Waals surface area contributed by atoms with E-state index in [-0.39, 0.29) is 0 Å². The van der Waals surface area contributed by atoms with Crippen molar-refractivity contribution < 1.29 is 9.90 Å². The predicted octanol–water partition coefficient (Wildman–Crippen LogP) is 2.14. The molecule has 0 aliphatic heterocycles. The van der Waals surface area contributed by atoms with E-state index in [1.807, 2.05) is 30.3 Å². The van der Waals surface area contributed by atoms with E-state index in [0.29, 0.717) is 28.9 Å². The Hall–Kier alpha value is -3.55.